The molecule has 0 fully saturated rings. The molecule has 3 N–H and O–H groups in total. The summed E-state index contributed by atoms with van der Waals surface area (Å²) in [6, 6.07) is 7.17. The van der Waals surface area contributed by atoms with Crippen molar-refractivity contribution in [2.45, 2.75) is 6.92 Å². The van der Waals surface area contributed by atoms with Crippen LogP contribution in [0.25, 0.3) is 28.2 Å². The number of nitrogens with one attached hydrogen (secondary N) is 1. The molecule has 4 heterocycles. The second-order valence-electron chi connectivity index (χ2n) is 4.85. The summed E-state index contributed by atoms with van der Waals surface area (Å²) < 4.78 is 1.63. The Balaban J connectivity index is 2.04. The summed E-state index contributed by atoms with van der Waals surface area (Å²) in [7, 11) is 0. The fourth-order valence-electron chi connectivity index (χ4n) is 2.36. The van der Waals surface area contributed by atoms with Gasteiger partial charge in [0.15, 0.2) is 5.65 Å². The predicted octanol–water partition coefficient (Wildman–Crippen LogP) is 1.07. The average Bonchev–Trinajstić information content (AvgIpc) is 3.12. The van der Waals surface area contributed by atoms with Gasteiger partial charge in [0.1, 0.15) is 22.9 Å². The smallest absolute Gasteiger partial charge is 0.265 e. The minimum Gasteiger partial charge on any atom is -0.364 e. The molecule has 0 saturated carbocycles. The number of hydrogen-bond donors (Lipinski definition) is 2. The Bertz CT molecular complexity index is 1020. The van der Waals surface area contributed by atoms with Gasteiger partial charge >= 0.3 is 0 Å². The molecule has 0 saturated heterocycles. The molecule has 0 aliphatic rings. The first kappa shape index (κ1) is 12.5. The minimum atomic E-state index is -0.543. The third-order valence-corrected chi connectivity index (χ3v) is 3.38. The van der Waals surface area contributed by atoms with Crippen molar-refractivity contribution in [1.29, 1.82) is 0 Å². The zero-order chi connectivity index (χ0) is 15.3. The van der Waals surface area contributed by atoms with E-state index >= 15 is 0 Å². The average molecular weight is 293 g/mol. The van der Waals surface area contributed by atoms with Gasteiger partial charge in [-0.25, -0.2) is 9.97 Å². The molecular formula is C14H11N7O. The minimum absolute atomic E-state index is 0.289. The van der Waals surface area contributed by atoms with Crippen molar-refractivity contribution in [3.8, 4) is 11.5 Å². The second kappa shape index (κ2) is 4.35. The van der Waals surface area contributed by atoms with Crippen LogP contribution in [0.2, 0.25) is 0 Å². The Morgan fingerprint density at radius 2 is 2.18 bits per heavy atom. The van der Waals surface area contributed by atoms with Crippen LogP contribution in [0.5, 0.6) is 0 Å². The number of nitrogens with zero attached hydrogens (tertiary/aromatic N) is 5. The molecule has 108 valence electrons. The normalized spacial score (nSPS) is 11.3. The van der Waals surface area contributed by atoms with Crippen LogP contribution in [0.4, 0.5) is 0 Å². The van der Waals surface area contributed by atoms with Gasteiger partial charge in [-0.1, -0.05) is 6.07 Å². The fraction of sp³-hybridized carbons (Fsp3) is 0.0714. The first-order valence-corrected chi connectivity index (χ1v) is 6.61. The first-order valence-electron chi connectivity index (χ1n) is 6.61. The lowest BCUT2D eigenvalue weighted by Gasteiger charge is -1.97. The van der Waals surface area contributed by atoms with E-state index in [-0.39, 0.29) is 5.69 Å². The van der Waals surface area contributed by atoms with Crippen molar-refractivity contribution in [3.63, 3.8) is 0 Å². The third-order valence-electron chi connectivity index (χ3n) is 3.38. The predicted molar refractivity (Wildman–Crippen MR) is 79.1 cm³/mol. The molecule has 0 aliphatic carbocycles. The maximum Gasteiger partial charge on any atom is 0.265 e. The molecule has 8 nitrogen and oxygen atoms in total. The van der Waals surface area contributed by atoms with Crippen LogP contribution in [-0.2, 0) is 0 Å². The molecule has 1 amide bonds. The number of aromatic amines is 1. The summed E-state index contributed by atoms with van der Waals surface area (Å²) in [5, 5.41) is 5.13. The molecule has 0 aliphatic heterocycles. The summed E-state index contributed by atoms with van der Waals surface area (Å²) in [6.45, 7) is 1.81. The lowest BCUT2D eigenvalue weighted by molar-refractivity contribution is 0.0996. The molecule has 22 heavy (non-hydrogen) atoms. The van der Waals surface area contributed by atoms with Gasteiger partial charge in [-0.15, -0.1) is 5.10 Å². The number of pyridine rings is 1. The van der Waals surface area contributed by atoms with Crippen molar-refractivity contribution in [2.75, 3.05) is 0 Å². The van der Waals surface area contributed by atoms with Crippen LogP contribution >= 0.6 is 0 Å². The van der Waals surface area contributed by atoms with Gasteiger partial charge in [0, 0.05) is 6.20 Å². The number of carbonyl (C=O) groups excluding carboxylic acids is 1. The summed E-state index contributed by atoms with van der Waals surface area (Å²) in [6.07, 6.45) is 1.68. The number of hydrogen-bond acceptors (Lipinski definition) is 5. The Labute approximate surface area is 124 Å². The summed E-state index contributed by atoms with van der Waals surface area (Å²) >= 11 is 0. The first-order chi connectivity index (χ1) is 10.6. The lowest BCUT2D eigenvalue weighted by Crippen LogP contribution is -2.10. The molecule has 4 aromatic heterocycles. The van der Waals surface area contributed by atoms with Crippen molar-refractivity contribution >= 4 is 22.6 Å². The molecule has 0 aromatic carbocycles. The van der Waals surface area contributed by atoms with E-state index in [1.807, 2.05) is 25.1 Å². The van der Waals surface area contributed by atoms with Crippen molar-refractivity contribution in [2.24, 2.45) is 5.73 Å². The zero-order valence-electron chi connectivity index (χ0n) is 11.6. The number of amides is 1. The summed E-state index contributed by atoms with van der Waals surface area (Å²) in [5.74, 6) is 0.605. The standard InChI is InChI=1S/C14H11N7O/c1-7-17-12-8(6-10(18-12)11(15)22)14-19-13(20-21(7)14)9-4-2-3-5-16-9/h2-6,18H,1H3,(H2,15,22). The number of H-pyrrole nitrogens is 1. The van der Waals surface area contributed by atoms with Crippen molar-refractivity contribution in [3.05, 3.63) is 42.0 Å². The van der Waals surface area contributed by atoms with E-state index in [2.05, 4.69) is 25.0 Å². The van der Waals surface area contributed by atoms with Gasteiger partial charge in [-0.3, -0.25) is 9.78 Å². The van der Waals surface area contributed by atoms with Gasteiger partial charge in [-0.2, -0.15) is 4.52 Å². The van der Waals surface area contributed by atoms with Crippen LogP contribution in [0.15, 0.2) is 30.5 Å². The quantitative estimate of drug-likeness (QED) is 0.573. The van der Waals surface area contributed by atoms with E-state index in [0.717, 1.165) is 0 Å². The van der Waals surface area contributed by atoms with Crippen LogP contribution in [0.1, 0.15) is 16.3 Å². The van der Waals surface area contributed by atoms with Crippen LogP contribution in [0.3, 0.4) is 0 Å². The Morgan fingerprint density at radius 3 is 2.91 bits per heavy atom. The third kappa shape index (κ3) is 1.74. The highest BCUT2D eigenvalue weighted by Crippen LogP contribution is 2.22. The number of aromatic nitrogens is 6. The number of aryl methyl sites for hydroxylation is 1. The monoisotopic (exact) mass is 293 g/mol. The Hall–Kier alpha value is -3.29. The molecule has 0 radical (unpaired) electrons. The van der Waals surface area contributed by atoms with Crippen molar-refractivity contribution < 1.29 is 4.79 Å². The van der Waals surface area contributed by atoms with Crippen molar-refractivity contribution in [1.82, 2.24) is 29.5 Å². The molecule has 0 unspecified atom stereocenters. The molecule has 0 spiro atoms. The maximum absolute atomic E-state index is 11.3. The molecule has 4 rings (SSSR count). The number of rotatable bonds is 2. The van der Waals surface area contributed by atoms with E-state index in [4.69, 9.17) is 5.73 Å². The van der Waals surface area contributed by atoms with Gasteiger partial charge in [-0.05, 0) is 25.1 Å². The lowest BCUT2D eigenvalue weighted by atomic mass is 10.3. The van der Waals surface area contributed by atoms with E-state index < -0.39 is 5.91 Å². The fourth-order valence-corrected chi connectivity index (χ4v) is 2.36. The molecule has 4 aromatic rings. The number of nitrogens with two attached hydrogens (primary N) is 1. The number of carbonyl (C=O) groups is 1. The summed E-state index contributed by atoms with van der Waals surface area (Å²) in [4.78, 5) is 27.4. The van der Waals surface area contributed by atoms with Gasteiger partial charge < -0.3 is 10.7 Å². The highest BCUT2D eigenvalue weighted by molar-refractivity contribution is 6.00. The SMILES string of the molecule is Cc1nc2[nH]c(C(N)=O)cc2c2nc(-c3ccccn3)nn12. The number of primary amides is 1. The van der Waals surface area contributed by atoms with E-state index in [9.17, 15) is 4.79 Å². The second-order valence-corrected chi connectivity index (χ2v) is 4.85. The molecular weight excluding hydrogens is 282 g/mol. The van der Waals surface area contributed by atoms with E-state index in [1.54, 1.807) is 16.8 Å². The zero-order valence-corrected chi connectivity index (χ0v) is 11.6. The highest BCUT2D eigenvalue weighted by Gasteiger charge is 2.16. The van der Waals surface area contributed by atoms with Gasteiger partial charge in [0.2, 0.25) is 5.82 Å². The molecule has 8 heteroatoms. The van der Waals surface area contributed by atoms with Gasteiger partial charge in [0.25, 0.3) is 5.91 Å². The van der Waals surface area contributed by atoms with E-state index in [1.165, 1.54) is 0 Å². The summed E-state index contributed by atoms with van der Waals surface area (Å²) in [5.41, 5.74) is 7.42. The van der Waals surface area contributed by atoms with Gasteiger partial charge in [0.05, 0.1) is 5.39 Å². The number of fused-ring (bicyclic) bond motifs is 3. The Kier molecular flexibility index (Phi) is 2.46. The molecule has 0 bridgehead atoms. The Morgan fingerprint density at radius 1 is 1.32 bits per heavy atom. The molecule has 0 atom stereocenters. The largest absolute Gasteiger partial charge is 0.364 e. The van der Waals surface area contributed by atoms with E-state index in [0.29, 0.717) is 34.0 Å². The van der Waals surface area contributed by atoms with Crippen LogP contribution < -0.4 is 5.73 Å². The van der Waals surface area contributed by atoms with Crippen LogP contribution in [-0.4, -0.2) is 35.5 Å². The van der Waals surface area contributed by atoms with Crippen LogP contribution in [0, 0.1) is 6.92 Å². The maximum atomic E-state index is 11.3. The highest BCUT2D eigenvalue weighted by atomic mass is 16.1. The topological polar surface area (TPSA) is 115 Å².